The monoisotopic (exact) mass is 445 g/mol. The first-order chi connectivity index (χ1) is 15.8. The Morgan fingerprint density at radius 2 is 1.55 bits per heavy atom. The predicted octanol–water partition coefficient (Wildman–Crippen LogP) is 3.92. The van der Waals surface area contributed by atoms with Crippen molar-refractivity contribution < 1.29 is 18.8 Å². The molecule has 6 nitrogen and oxygen atoms in total. The van der Waals surface area contributed by atoms with E-state index in [4.69, 9.17) is 0 Å². The van der Waals surface area contributed by atoms with Crippen molar-refractivity contribution in [3.8, 4) is 11.1 Å². The van der Waals surface area contributed by atoms with Crippen molar-refractivity contribution in [3.05, 3.63) is 95.8 Å². The highest BCUT2D eigenvalue weighted by Crippen LogP contribution is 2.29. The number of urea groups is 1. The Labute approximate surface area is 191 Å². The van der Waals surface area contributed by atoms with Crippen molar-refractivity contribution in [2.45, 2.75) is 19.0 Å². The summed E-state index contributed by atoms with van der Waals surface area (Å²) >= 11 is 0. The lowest BCUT2D eigenvalue weighted by atomic mass is 9.92. The van der Waals surface area contributed by atoms with Crippen molar-refractivity contribution in [2.24, 2.45) is 0 Å². The Kier molecular flexibility index (Phi) is 5.96. The first-order valence-electron chi connectivity index (χ1n) is 10.6. The second-order valence-corrected chi connectivity index (χ2v) is 8.27. The maximum absolute atomic E-state index is 13.3. The molecule has 1 saturated heterocycles. The van der Waals surface area contributed by atoms with Crippen LogP contribution in [0.4, 0.5) is 9.18 Å². The maximum atomic E-state index is 13.3. The fourth-order valence-electron chi connectivity index (χ4n) is 3.87. The van der Waals surface area contributed by atoms with Gasteiger partial charge in [-0.1, -0.05) is 66.7 Å². The molecular weight excluding hydrogens is 421 g/mol. The van der Waals surface area contributed by atoms with E-state index in [9.17, 15) is 18.8 Å². The molecule has 0 aromatic heterocycles. The van der Waals surface area contributed by atoms with Crippen LogP contribution in [0.15, 0.2) is 78.9 Å². The zero-order valence-electron chi connectivity index (χ0n) is 18.4. The average Bonchev–Trinajstić information content (AvgIpc) is 3.04. The van der Waals surface area contributed by atoms with Gasteiger partial charge in [-0.3, -0.25) is 14.5 Å². The molecule has 1 aliphatic rings. The molecule has 1 unspecified atom stereocenters. The van der Waals surface area contributed by atoms with E-state index in [2.05, 4.69) is 5.32 Å². The number of imide groups is 1. The molecule has 3 aromatic carbocycles. The van der Waals surface area contributed by atoms with Gasteiger partial charge in [-0.25, -0.2) is 9.18 Å². The summed E-state index contributed by atoms with van der Waals surface area (Å²) in [7, 11) is 1.63. The van der Waals surface area contributed by atoms with Crippen molar-refractivity contribution in [1.29, 1.82) is 0 Å². The van der Waals surface area contributed by atoms with E-state index >= 15 is 0 Å². The van der Waals surface area contributed by atoms with Crippen molar-refractivity contribution in [2.75, 3.05) is 13.6 Å². The SMILES string of the molecule is CN(Cc1ccc(-c2ccccc2)cc1)C(=O)CN1C(=O)NC(C)(c2ccc(F)cc2)C1=O. The number of likely N-dealkylation sites (N-methyl/N-ethyl adjacent to an activating group) is 1. The van der Waals surface area contributed by atoms with E-state index in [0.717, 1.165) is 21.6 Å². The minimum Gasteiger partial charge on any atom is -0.340 e. The third-order valence-corrected chi connectivity index (χ3v) is 5.90. The number of hydrogen-bond acceptors (Lipinski definition) is 3. The third kappa shape index (κ3) is 4.48. The minimum atomic E-state index is -1.35. The number of nitrogens with zero attached hydrogens (tertiary/aromatic N) is 2. The third-order valence-electron chi connectivity index (χ3n) is 5.90. The average molecular weight is 445 g/mol. The van der Waals surface area contributed by atoms with E-state index in [1.165, 1.54) is 29.2 Å². The highest BCUT2D eigenvalue weighted by Gasteiger charge is 2.49. The fourth-order valence-corrected chi connectivity index (χ4v) is 3.87. The largest absolute Gasteiger partial charge is 0.340 e. The maximum Gasteiger partial charge on any atom is 0.325 e. The fraction of sp³-hybridized carbons (Fsp3) is 0.192. The van der Waals surface area contributed by atoms with Gasteiger partial charge in [0.15, 0.2) is 0 Å². The van der Waals surface area contributed by atoms with Crippen LogP contribution >= 0.6 is 0 Å². The molecule has 1 atom stereocenters. The number of hydrogen-bond donors (Lipinski definition) is 1. The molecule has 4 amide bonds. The first kappa shape index (κ1) is 22.2. The number of carbonyl (C=O) groups is 3. The van der Waals surface area contributed by atoms with Gasteiger partial charge < -0.3 is 10.2 Å². The zero-order valence-corrected chi connectivity index (χ0v) is 18.4. The summed E-state index contributed by atoms with van der Waals surface area (Å²) in [6.45, 7) is 1.51. The molecule has 0 bridgehead atoms. The molecule has 1 N–H and O–H groups in total. The Morgan fingerprint density at radius 3 is 2.18 bits per heavy atom. The van der Waals surface area contributed by atoms with Crippen LogP contribution < -0.4 is 5.32 Å². The van der Waals surface area contributed by atoms with Crippen LogP contribution in [0.5, 0.6) is 0 Å². The lowest BCUT2D eigenvalue weighted by Crippen LogP contribution is -2.43. The molecule has 0 radical (unpaired) electrons. The van der Waals surface area contributed by atoms with Crippen LogP contribution in [-0.4, -0.2) is 41.2 Å². The van der Waals surface area contributed by atoms with Gasteiger partial charge in [-0.15, -0.1) is 0 Å². The summed E-state index contributed by atoms with van der Waals surface area (Å²) in [5, 5.41) is 2.63. The van der Waals surface area contributed by atoms with Crippen molar-refractivity contribution in [3.63, 3.8) is 0 Å². The van der Waals surface area contributed by atoms with Crippen LogP contribution in [0.2, 0.25) is 0 Å². The zero-order chi connectivity index (χ0) is 23.6. The summed E-state index contributed by atoms with van der Waals surface area (Å²) in [6.07, 6.45) is 0. The van der Waals surface area contributed by atoms with Gasteiger partial charge in [0, 0.05) is 13.6 Å². The van der Waals surface area contributed by atoms with E-state index < -0.39 is 23.3 Å². The standard InChI is InChI=1S/C26H24FN3O3/c1-26(21-12-14-22(27)15-13-21)24(32)30(25(33)28-26)17-23(31)29(2)16-18-8-10-20(11-9-18)19-6-4-3-5-7-19/h3-15H,16-17H2,1-2H3,(H,28,33). The molecule has 168 valence electrons. The molecule has 0 spiro atoms. The Balaban J connectivity index is 1.41. The summed E-state index contributed by atoms with van der Waals surface area (Å²) in [6, 6.07) is 22.6. The summed E-state index contributed by atoms with van der Waals surface area (Å²) < 4.78 is 13.3. The topological polar surface area (TPSA) is 69.7 Å². The Bertz CT molecular complexity index is 1180. The normalized spacial score (nSPS) is 17.7. The molecule has 1 fully saturated rings. The number of amides is 4. The smallest absolute Gasteiger partial charge is 0.325 e. The molecular formula is C26H24FN3O3. The Morgan fingerprint density at radius 1 is 0.939 bits per heavy atom. The van der Waals surface area contributed by atoms with Crippen LogP contribution in [0.3, 0.4) is 0 Å². The molecule has 1 heterocycles. The second-order valence-electron chi connectivity index (χ2n) is 8.27. The lowest BCUT2D eigenvalue weighted by molar-refractivity contribution is -0.138. The highest BCUT2D eigenvalue weighted by molar-refractivity contribution is 6.09. The van der Waals surface area contributed by atoms with Gasteiger partial charge >= 0.3 is 6.03 Å². The van der Waals surface area contributed by atoms with Gasteiger partial charge in [0.25, 0.3) is 5.91 Å². The first-order valence-corrected chi connectivity index (χ1v) is 10.6. The minimum absolute atomic E-state index is 0.340. The van der Waals surface area contributed by atoms with Gasteiger partial charge in [0.1, 0.15) is 17.9 Å². The van der Waals surface area contributed by atoms with E-state index in [0.29, 0.717) is 12.1 Å². The van der Waals surface area contributed by atoms with E-state index in [-0.39, 0.29) is 12.5 Å². The number of nitrogens with one attached hydrogen (secondary N) is 1. The number of benzene rings is 3. The molecule has 33 heavy (non-hydrogen) atoms. The van der Waals surface area contributed by atoms with Crippen LogP contribution in [0, 0.1) is 5.82 Å². The predicted molar refractivity (Wildman–Crippen MR) is 122 cm³/mol. The van der Waals surface area contributed by atoms with Crippen LogP contribution in [-0.2, 0) is 21.7 Å². The Hall–Kier alpha value is -4.00. The lowest BCUT2D eigenvalue weighted by Gasteiger charge is -2.23. The number of carbonyl (C=O) groups excluding carboxylic acids is 3. The molecule has 3 aromatic rings. The second kappa shape index (κ2) is 8.86. The number of halogens is 1. The summed E-state index contributed by atoms with van der Waals surface area (Å²) in [5.74, 6) is -1.35. The summed E-state index contributed by atoms with van der Waals surface area (Å²) in [4.78, 5) is 40.6. The summed E-state index contributed by atoms with van der Waals surface area (Å²) in [5.41, 5.74) is 2.21. The molecule has 0 aliphatic carbocycles. The quantitative estimate of drug-likeness (QED) is 0.585. The molecule has 4 rings (SSSR count). The van der Waals surface area contributed by atoms with E-state index in [1.807, 2.05) is 54.6 Å². The highest BCUT2D eigenvalue weighted by atomic mass is 19.1. The van der Waals surface area contributed by atoms with Crippen LogP contribution in [0.25, 0.3) is 11.1 Å². The van der Waals surface area contributed by atoms with Gasteiger partial charge in [-0.2, -0.15) is 0 Å². The molecule has 1 aliphatic heterocycles. The van der Waals surface area contributed by atoms with Gasteiger partial charge in [0.05, 0.1) is 0 Å². The van der Waals surface area contributed by atoms with Crippen LogP contribution in [0.1, 0.15) is 18.1 Å². The van der Waals surface area contributed by atoms with E-state index in [1.54, 1.807) is 14.0 Å². The number of rotatable bonds is 6. The molecule has 0 saturated carbocycles. The molecule has 7 heteroatoms. The van der Waals surface area contributed by atoms with Crippen molar-refractivity contribution in [1.82, 2.24) is 15.1 Å². The van der Waals surface area contributed by atoms with Crippen molar-refractivity contribution >= 4 is 17.8 Å². The van der Waals surface area contributed by atoms with Gasteiger partial charge in [-0.05, 0) is 41.3 Å². The van der Waals surface area contributed by atoms with Gasteiger partial charge in [0.2, 0.25) is 5.91 Å².